The van der Waals surface area contributed by atoms with Gasteiger partial charge in [-0.3, -0.25) is 18.7 Å². The van der Waals surface area contributed by atoms with Crippen LogP contribution in [0.1, 0.15) is 0 Å². The normalized spacial score (nSPS) is 11.3. The van der Waals surface area contributed by atoms with Crippen LogP contribution in [0, 0.1) is 0 Å². The molecule has 0 N–H and O–H groups in total. The standard InChI is InChI=1S/C23H17N5O4/c1-25-18-16(20(29)26(2)22(25)31)13-17-19(24-18)27(14-9-5-3-6-10-14)23(32)28(21(17)30)15-11-7-4-8-12-15/h3-13H,1-2H3. The van der Waals surface area contributed by atoms with Crippen LogP contribution in [0.3, 0.4) is 0 Å². The van der Waals surface area contributed by atoms with Crippen LogP contribution in [0.5, 0.6) is 0 Å². The van der Waals surface area contributed by atoms with Crippen LogP contribution in [0.2, 0.25) is 0 Å². The zero-order chi connectivity index (χ0) is 22.6. The molecule has 0 radical (unpaired) electrons. The third-order valence-corrected chi connectivity index (χ3v) is 5.47. The van der Waals surface area contributed by atoms with Crippen molar-refractivity contribution in [2.75, 3.05) is 0 Å². The summed E-state index contributed by atoms with van der Waals surface area (Å²) in [4.78, 5) is 56.7. The van der Waals surface area contributed by atoms with Crippen molar-refractivity contribution < 1.29 is 0 Å². The first-order valence-corrected chi connectivity index (χ1v) is 9.79. The van der Waals surface area contributed by atoms with E-state index in [0.29, 0.717) is 11.4 Å². The molecule has 5 aromatic rings. The molecule has 0 atom stereocenters. The zero-order valence-electron chi connectivity index (χ0n) is 17.2. The van der Waals surface area contributed by atoms with Gasteiger partial charge in [-0.2, -0.15) is 0 Å². The summed E-state index contributed by atoms with van der Waals surface area (Å²) < 4.78 is 4.54. The van der Waals surface area contributed by atoms with Crippen molar-refractivity contribution in [3.05, 3.63) is 108 Å². The fourth-order valence-corrected chi connectivity index (χ4v) is 3.83. The molecule has 0 aliphatic heterocycles. The van der Waals surface area contributed by atoms with E-state index in [1.165, 1.54) is 29.3 Å². The van der Waals surface area contributed by atoms with Gasteiger partial charge in [0.05, 0.1) is 22.1 Å². The summed E-state index contributed by atoms with van der Waals surface area (Å²) in [6, 6.07) is 18.7. The number of pyridine rings is 1. The summed E-state index contributed by atoms with van der Waals surface area (Å²) >= 11 is 0. The molecule has 0 bridgehead atoms. The lowest BCUT2D eigenvalue weighted by Gasteiger charge is -2.15. The average Bonchev–Trinajstić information content (AvgIpc) is 2.82. The van der Waals surface area contributed by atoms with Gasteiger partial charge in [-0.15, -0.1) is 0 Å². The monoisotopic (exact) mass is 427 g/mol. The van der Waals surface area contributed by atoms with Gasteiger partial charge in [0.2, 0.25) is 0 Å². The molecule has 0 aliphatic rings. The number of hydrogen-bond acceptors (Lipinski definition) is 5. The summed E-state index contributed by atoms with van der Waals surface area (Å²) in [5.74, 6) is 0. The van der Waals surface area contributed by atoms with Crippen molar-refractivity contribution in [3.8, 4) is 11.4 Å². The predicted octanol–water partition coefficient (Wildman–Crippen LogP) is 1.09. The quantitative estimate of drug-likeness (QED) is 0.393. The molecule has 32 heavy (non-hydrogen) atoms. The van der Waals surface area contributed by atoms with Gasteiger partial charge in [-0.25, -0.2) is 23.7 Å². The first-order chi connectivity index (χ1) is 15.4. The summed E-state index contributed by atoms with van der Waals surface area (Å²) in [7, 11) is 2.85. The van der Waals surface area contributed by atoms with E-state index in [9.17, 15) is 19.2 Å². The molecule has 9 heteroatoms. The highest BCUT2D eigenvalue weighted by atomic mass is 16.2. The number of para-hydroxylation sites is 2. The van der Waals surface area contributed by atoms with E-state index in [4.69, 9.17) is 0 Å². The molecule has 3 aromatic heterocycles. The Kier molecular flexibility index (Phi) is 4.26. The van der Waals surface area contributed by atoms with E-state index in [1.54, 1.807) is 60.7 Å². The fourth-order valence-electron chi connectivity index (χ4n) is 3.83. The van der Waals surface area contributed by atoms with Crippen LogP contribution in [-0.2, 0) is 14.1 Å². The van der Waals surface area contributed by atoms with Crippen LogP contribution < -0.4 is 22.5 Å². The number of aromatic nitrogens is 5. The highest BCUT2D eigenvalue weighted by molar-refractivity contribution is 5.89. The van der Waals surface area contributed by atoms with Gasteiger partial charge in [0.15, 0.2) is 11.3 Å². The maximum Gasteiger partial charge on any atom is 0.341 e. The largest absolute Gasteiger partial charge is 0.341 e. The third-order valence-electron chi connectivity index (χ3n) is 5.47. The fraction of sp³-hybridized carbons (Fsp3) is 0.0870. The van der Waals surface area contributed by atoms with E-state index in [1.807, 2.05) is 0 Å². The highest BCUT2D eigenvalue weighted by Gasteiger charge is 2.20. The molecular formula is C23H17N5O4. The van der Waals surface area contributed by atoms with Gasteiger partial charge in [0.1, 0.15) is 0 Å². The molecule has 0 unspecified atom stereocenters. The van der Waals surface area contributed by atoms with Crippen molar-refractivity contribution in [1.29, 1.82) is 0 Å². The molecular weight excluding hydrogens is 410 g/mol. The maximum atomic E-state index is 13.6. The van der Waals surface area contributed by atoms with Gasteiger partial charge < -0.3 is 0 Å². The van der Waals surface area contributed by atoms with Crippen molar-refractivity contribution in [2.45, 2.75) is 0 Å². The minimum Gasteiger partial charge on any atom is -0.280 e. The van der Waals surface area contributed by atoms with Gasteiger partial charge in [0.25, 0.3) is 11.1 Å². The third kappa shape index (κ3) is 2.68. The number of benzene rings is 2. The Balaban J connectivity index is 2.08. The lowest BCUT2D eigenvalue weighted by molar-refractivity contribution is 0.707. The minimum atomic E-state index is -0.611. The molecule has 0 fully saturated rings. The van der Waals surface area contributed by atoms with E-state index in [0.717, 1.165) is 9.13 Å². The second kappa shape index (κ2) is 7.02. The Morgan fingerprint density at radius 3 is 1.72 bits per heavy atom. The Bertz CT molecular complexity index is 1760. The van der Waals surface area contributed by atoms with Gasteiger partial charge >= 0.3 is 11.4 Å². The molecule has 0 amide bonds. The van der Waals surface area contributed by atoms with E-state index in [2.05, 4.69) is 4.98 Å². The lowest BCUT2D eigenvalue weighted by atomic mass is 10.2. The molecule has 9 nitrogen and oxygen atoms in total. The van der Waals surface area contributed by atoms with Gasteiger partial charge in [-0.1, -0.05) is 36.4 Å². The van der Waals surface area contributed by atoms with Crippen molar-refractivity contribution in [3.63, 3.8) is 0 Å². The van der Waals surface area contributed by atoms with Crippen molar-refractivity contribution >= 4 is 22.1 Å². The van der Waals surface area contributed by atoms with Crippen LogP contribution in [-0.4, -0.2) is 23.3 Å². The van der Waals surface area contributed by atoms with Crippen LogP contribution >= 0.6 is 0 Å². The summed E-state index contributed by atoms with van der Waals surface area (Å²) in [6.07, 6.45) is 0. The molecule has 158 valence electrons. The molecule has 0 saturated carbocycles. The van der Waals surface area contributed by atoms with Crippen molar-refractivity contribution in [1.82, 2.24) is 23.3 Å². The zero-order valence-corrected chi connectivity index (χ0v) is 17.2. The molecule has 0 spiro atoms. The minimum absolute atomic E-state index is 0.0640. The number of aryl methyl sites for hydroxylation is 1. The average molecular weight is 427 g/mol. The molecule has 3 heterocycles. The van der Waals surface area contributed by atoms with E-state index >= 15 is 0 Å². The van der Waals surface area contributed by atoms with E-state index in [-0.39, 0.29) is 22.1 Å². The first kappa shape index (κ1) is 19.4. The lowest BCUT2D eigenvalue weighted by Crippen LogP contribution is -2.40. The molecule has 0 aliphatic carbocycles. The smallest absolute Gasteiger partial charge is 0.280 e. The number of fused-ring (bicyclic) bond motifs is 2. The van der Waals surface area contributed by atoms with Gasteiger partial charge in [-0.05, 0) is 30.3 Å². The van der Waals surface area contributed by atoms with Crippen LogP contribution in [0.4, 0.5) is 0 Å². The highest BCUT2D eigenvalue weighted by Crippen LogP contribution is 2.17. The molecule has 5 rings (SSSR count). The maximum absolute atomic E-state index is 13.6. The molecule has 2 aromatic carbocycles. The Morgan fingerprint density at radius 1 is 0.594 bits per heavy atom. The summed E-state index contributed by atoms with van der Waals surface area (Å²) in [5.41, 5.74) is -1.30. The second-order valence-electron chi connectivity index (χ2n) is 7.37. The second-order valence-corrected chi connectivity index (χ2v) is 7.37. The summed E-state index contributed by atoms with van der Waals surface area (Å²) in [6.45, 7) is 0. The Morgan fingerprint density at radius 2 is 1.12 bits per heavy atom. The number of rotatable bonds is 2. The first-order valence-electron chi connectivity index (χ1n) is 9.79. The van der Waals surface area contributed by atoms with Gasteiger partial charge in [0, 0.05) is 14.1 Å². The summed E-state index contributed by atoms with van der Waals surface area (Å²) in [5, 5.41) is 0.192. The topological polar surface area (TPSA) is 101 Å². The van der Waals surface area contributed by atoms with Crippen molar-refractivity contribution in [2.24, 2.45) is 14.1 Å². The van der Waals surface area contributed by atoms with E-state index < -0.39 is 22.5 Å². The van der Waals surface area contributed by atoms with Crippen LogP contribution in [0.25, 0.3) is 33.4 Å². The van der Waals surface area contributed by atoms with Crippen LogP contribution in [0.15, 0.2) is 85.9 Å². The molecule has 0 saturated heterocycles. The Hall–Kier alpha value is -4.53. The Labute approximate surface area is 179 Å². The SMILES string of the molecule is Cn1c(=O)c2cc3c(=O)n(-c4ccccc4)c(=O)n(-c4ccccc4)c3nc2n(C)c1=O. The predicted molar refractivity (Wildman–Crippen MR) is 121 cm³/mol. The number of hydrogen-bond donors (Lipinski definition) is 0. The number of nitrogens with zero attached hydrogens (tertiary/aromatic N) is 5.